The number of anilines is 2. The predicted molar refractivity (Wildman–Crippen MR) is 132 cm³/mol. The summed E-state index contributed by atoms with van der Waals surface area (Å²) >= 11 is 0. The molecular weight excluding hydrogens is 396 g/mol. The lowest BCUT2D eigenvalue weighted by molar-refractivity contribution is -0.117. The number of benzene rings is 2. The van der Waals surface area contributed by atoms with Crippen LogP contribution in [0.4, 0.5) is 11.4 Å². The Hall–Kier alpha value is -3.26. The first-order chi connectivity index (χ1) is 15.5. The second kappa shape index (κ2) is 10.9. The lowest BCUT2D eigenvalue weighted by Gasteiger charge is -2.22. The predicted octanol–water partition coefficient (Wildman–Crippen LogP) is 5.42. The summed E-state index contributed by atoms with van der Waals surface area (Å²) in [4.78, 5) is 15.0. The maximum Gasteiger partial charge on any atom is 0.263 e. The summed E-state index contributed by atoms with van der Waals surface area (Å²) in [6, 6.07) is 14.5. The Morgan fingerprint density at radius 1 is 1.12 bits per heavy atom. The van der Waals surface area contributed by atoms with Crippen LogP contribution in [-0.4, -0.2) is 19.0 Å². The summed E-state index contributed by atoms with van der Waals surface area (Å²) in [5.41, 5.74) is 7.04. The zero-order valence-electron chi connectivity index (χ0n) is 19.7. The van der Waals surface area contributed by atoms with Crippen LogP contribution in [0.2, 0.25) is 0 Å². The summed E-state index contributed by atoms with van der Waals surface area (Å²) in [6.07, 6.45) is 6.20. The molecule has 0 saturated carbocycles. The summed E-state index contributed by atoms with van der Waals surface area (Å²) in [5.74, 6) is -0.373. The molecule has 168 valence electrons. The highest BCUT2D eigenvalue weighted by Gasteiger charge is 2.16. The summed E-state index contributed by atoms with van der Waals surface area (Å²) < 4.78 is 0. The van der Waals surface area contributed by atoms with Crippen molar-refractivity contribution in [3.05, 3.63) is 70.4 Å². The molecule has 2 aromatic carbocycles. The largest absolute Gasteiger partial charge is 0.372 e. The highest BCUT2D eigenvalue weighted by atomic mass is 16.1. The third kappa shape index (κ3) is 5.50. The second-order valence-corrected chi connectivity index (χ2v) is 8.42. The number of fused-ring (bicyclic) bond motifs is 1. The number of nitrogens with one attached hydrogen (secondary N) is 2. The second-order valence-electron chi connectivity index (χ2n) is 8.42. The van der Waals surface area contributed by atoms with Crippen molar-refractivity contribution in [1.29, 1.82) is 5.26 Å². The first-order valence-electron chi connectivity index (χ1n) is 11.6. The normalized spacial score (nSPS) is 14.2. The van der Waals surface area contributed by atoms with Gasteiger partial charge in [-0.05, 0) is 93.8 Å². The fraction of sp³-hybridized carbons (Fsp3) is 0.407. The molecule has 0 aliphatic heterocycles. The standard InChI is InChI=1S/C27H34N4O/c1-5-31(6-2)25-13-14-26(19(3)15-25)29-18-24(17-28)27(32)30-20(4)22-12-11-21-9-7-8-10-23(21)16-22/h11-16,18,20,29H,5-10H2,1-4H3,(H,30,32)/b24-18-. The van der Waals surface area contributed by atoms with E-state index in [1.165, 1.54) is 35.9 Å². The van der Waals surface area contributed by atoms with Crippen molar-refractivity contribution in [2.24, 2.45) is 0 Å². The van der Waals surface area contributed by atoms with Gasteiger partial charge in [0.15, 0.2) is 0 Å². The summed E-state index contributed by atoms with van der Waals surface area (Å²) in [5, 5.41) is 15.6. The van der Waals surface area contributed by atoms with Crippen LogP contribution in [0.5, 0.6) is 0 Å². The number of nitrogens with zero attached hydrogens (tertiary/aromatic N) is 2. The topological polar surface area (TPSA) is 68.2 Å². The lowest BCUT2D eigenvalue weighted by Crippen LogP contribution is -2.28. The molecule has 0 spiro atoms. The Morgan fingerprint density at radius 3 is 2.50 bits per heavy atom. The zero-order chi connectivity index (χ0) is 23.1. The van der Waals surface area contributed by atoms with E-state index in [2.05, 4.69) is 59.7 Å². The van der Waals surface area contributed by atoms with Gasteiger partial charge >= 0.3 is 0 Å². The van der Waals surface area contributed by atoms with E-state index in [-0.39, 0.29) is 17.5 Å². The van der Waals surface area contributed by atoms with Gasteiger partial charge in [-0.3, -0.25) is 4.79 Å². The molecule has 1 aliphatic carbocycles. The summed E-state index contributed by atoms with van der Waals surface area (Å²) in [6.45, 7) is 10.1. The van der Waals surface area contributed by atoms with Gasteiger partial charge in [0.1, 0.15) is 11.6 Å². The molecule has 1 atom stereocenters. The van der Waals surface area contributed by atoms with Crippen molar-refractivity contribution in [2.75, 3.05) is 23.3 Å². The molecule has 2 N–H and O–H groups in total. The fourth-order valence-electron chi connectivity index (χ4n) is 4.27. The van der Waals surface area contributed by atoms with Crippen molar-refractivity contribution in [3.63, 3.8) is 0 Å². The average Bonchev–Trinajstić information content (AvgIpc) is 2.81. The quantitative estimate of drug-likeness (QED) is 0.434. The maximum atomic E-state index is 12.7. The molecule has 32 heavy (non-hydrogen) atoms. The molecule has 0 radical (unpaired) electrons. The molecule has 0 aromatic heterocycles. The van der Waals surface area contributed by atoms with E-state index in [1.54, 1.807) is 0 Å². The fourth-order valence-corrected chi connectivity index (χ4v) is 4.27. The minimum Gasteiger partial charge on any atom is -0.372 e. The van der Waals surface area contributed by atoms with Crippen molar-refractivity contribution in [2.45, 2.75) is 59.4 Å². The minimum absolute atomic E-state index is 0.0574. The number of carbonyl (C=O) groups is 1. The molecule has 0 heterocycles. The van der Waals surface area contributed by atoms with Crippen molar-refractivity contribution < 1.29 is 4.79 Å². The van der Waals surface area contributed by atoms with E-state index in [9.17, 15) is 10.1 Å². The number of nitriles is 1. The van der Waals surface area contributed by atoms with Crippen LogP contribution in [0, 0.1) is 18.3 Å². The van der Waals surface area contributed by atoms with E-state index in [0.717, 1.165) is 42.7 Å². The van der Waals surface area contributed by atoms with Crippen molar-refractivity contribution in [1.82, 2.24) is 5.32 Å². The van der Waals surface area contributed by atoms with Crippen LogP contribution in [0.15, 0.2) is 48.2 Å². The minimum atomic E-state index is -0.373. The number of carbonyl (C=O) groups excluding carboxylic acids is 1. The Morgan fingerprint density at radius 2 is 1.84 bits per heavy atom. The SMILES string of the molecule is CCN(CC)c1ccc(N/C=C(/C#N)C(=O)NC(C)c2ccc3c(c2)CCCC3)c(C)c1. The molecule has 0 saturated heterocycles. The first-order valence-corrected chi connectivity index (χ1v) is 11.6. The molecule has 2 aromatic rings. The molecule has 0 bridgehead atoms. The number of aryl methyl sites for hydroxylation is 3. The van der Waals surface area contributed by atoms with Gasteiger partial charge in [0.2, 0.25) is 0 Å². The molecule has 5 nitrogen and oxygen atoms in total. The molecule has 0 fully saturated rings. The van der Waals surface area contributed by atoms with Crippen LogP contribution in [0.1, 0.15) is 61.9 Å². The van der Waals surface area contributed by atoms with Gasteiger partial charge < -0.3 is 15.5 Å². The third-order valence-corrected chi connectivity index (χ3v) is 6.30. The van der Waals surface area contributed by atoms with Gasteiger partial charge in [-0.15, -0.1) is 0 Å². The van der Waals surface area contributed by atoms with Gasteiger partial charge in [-0.25, -0.2) is 0 Å². The molecule has 1 unspecified atom stereocenters. The average molecular weight is 431 g/mol. The Balaban J connectivity index is 1.67. The van der Waals surface area contributed by atoms with Gasteiger partial charge in [0.25, 0.3) is 5.91 Å². The molecular formula is C27H34N4O. The van der Waals surface area contributed by atoms with Gasteiger partial charge in [0, 0.05) is 30.7 Å². The van der Waals surface area contributed by atoms with E-state index < -0.39 is 0 Å². The molecule has 1 aliphatic rings. The zero-order valence-corrected chi connectivity index (χ0v) is 19.7. The Bertz CT molecular complexity index is 1030. The van der Waals surface area contributed by atoms with Crippen LogP contribution in [0.25, 0.3) is 0 Å². The van der Waals surface area contributed by atoms with Crippen LogP contribution < -0.4 is 15.5 Å². The van der Waals surface area contributed by atoms with Gasteiger partial charge in [0.05, 0.1) is 6.04 Å². The monoisotopic (exact) mass is 430 g/mol. The highest BCUT2D eigenvalue weighted by molar-refractivity contribution is 5.97. The first kappa shape index (κ1) is 23.4. The molecule has 5 heteroatoms. The third-order valence-electron chi connectivity index (χ3n) is 6.30. The van der Waals surface area contributed by atoms with Crippen LogP contribution in [-0.2, 0) is 17.6 Å². The van der Waals surface area contributed by atoms with Gasteiger partial charge in [-0.2, -0.15) is 5.26 Å². The Kier molecular flexibility index (Phi) is 7.94. The van der Waals surface area contributed by atoms with E-state index in [0.29, 0.717) is 0 Å². The van der Waals surface area contributed by atoms with Crippen LogP contribution >= 0.6 is 0 Å². The van der Waals surface area contributed by atoms with Gasteiger partial charge in [-0.1, -0.05) is 18.2 Å². The van der Waals surface area contributed by atoms with E-state index >= 15 is 0 Å². The number of amides is 1. The summed E-state index contributed by atoms with van der Waals surface area (Å²) in [7, 11) is 0. The highest BCUT2D eigenvalue weighted by Crippen LogP contribution is 2.25. The lowest BCUT2D eigenvalue weighted by atomic mass is 9.89. The molecule has 3 rings (SSSR count). The number of hydrogen-bond donors (Lipinski definition) is 2. The number of rotatable bonds is 8. The Labute approximate surface area is 192 Å². The van der Waals surface area contributed by atoms with Crippen molar-refractivity contribution >= 4 is 17.3 Å². The van der Waals surface area contributed by atoms with E-state index in [1.807, 2.05) is 26.0 Å². The number of hydrogen-bond acceptors (Lipinski definition) is 4. The van der Waals surface area contributed by atoms with Crippen LogP contribution in [0.3, 0.4) is 0 Å². The smallest absolute Gasteiger partial charge is 0.263 e. The maximum absolute atomic E-state index is 12.7. The van der Waals surface area contributed by atoms with E-state index in [4.69, 9.17) is 0 Å². The molecule has 1 amide bonds. The van der Waals surface area contributed by atoms with Crippen molar-refractivity contribution in [3.8, 4) is 6.07 Å².